The van der Waals surface area contributed by atoms with E-state index in [1.54, 1.807) is 18.2 Å². The van der Waals surface area contributed by atoms with Crippen molar-refractivity contribution in [2.45, 2.75) is 25.2 Å². The molecule has 0 N–H and O–H groups in total. The number of Topliss-reactive ketones (excluding diaryl/α,β-unsaturated/α-hetero) is 1. The van der Waals surface area contributed by atoms with Crippen LogP contribution in [0.25, 0.3) is 0 Å². The number of hydrogen-bond donors (Lipinski definition) is 0. The van der Waals surface area contributed by atoms with Gasteiger partial charge in [-0.05, 0) is 49.2 Å². The third kappa shape index (κ3) is 3.67. The first-order valence-electron chi connectivity index (χ1n) is 6.67. The fraction of sp³-hybridized carbons (Fsp3) is 0.188. The monoisotopic (exact) mass is 338 g/mol. The first kappa shape index (κ1) is 16.5. The third-order valence-corrected chi connectivity index (χ3v) is 4.75. The van der Waals surface area contributed by atoms with Crippen molar-refractivity contribution in [2.75, 3.05) is 0 Å². The Morgan fingerprint density at radius 2 is 1.91 bits per heavy atom. The van der Waals surface area contributed by atoms with Crippen LogP contribution in [0.3, 0.4) is 0 Å². The van der Waals surface area contributed by atoms with Crippen LogP contribution < -0.4 is 4.18 Å². The van der Waals surface area contributed by atoms with E-state index in [1.807, 2.05) is 6.92 Å². The van der Waals surface area contributed by atoms with E-state index in [2.05, 4.69) is 0 Å². The molecule has 0 aromatic heterocycles. The number of carbonyl (C=O) groups excluding carboxylic acids is 1. The molecule has 0 heterocycles. The molecule has 4 nitrogen and oxygen atoms in total. The van der Waals surface area contributed by atoms with E-state index in [9.17, 15) is 13.2 Å². The summed E-state index contributed by atoms with van der Waals surface area (Å²) in [4.78, 5) is 11.3. The number of halogens is 1. The van der Waals surface area contributed by atoms with Crippen LogP contribution in [0, 0.1) is 0 Å². The molecule has 2 rings (SSSR count). The number of benzene rings is 2. The topological polar surface area (TPSA) is 60.4 Å². The Morgan fingerprint density at radius 3 is 2.55 bits per heavy atom. The van der Waals surface area contributed by atoms with Gasteiger partial charge < -0.3 is 4.18 Å². The Morgan fingerprint density at radius 1 is 1.18 bits per heavy atom. The summed E-state index contributed by atoms with van der Waals surface area (Å²) in [6.07, 6.45) is 0.663. The number of ketones is 1. The van der Waals surface area contributed by atoms with Crippen molar-refractivity contribution >= 4 is 27.5 Å². The molecule has 0 atom stereocenters. The molecule has 0 saturated heterocycles. The van der Waals surface area contributed by atoms with Gasteiger partial charge in [-0.15, -0.1) is 0 Å². The van der Waals surface area contributed by atoms with Gasteiger partial charge in [0.1, 0.15) is 10.6 Å². The lowest BCUT2D eigenvalue weighted by atomic mass is 10.2. The molecule has 0 aliphatic rings. The van der Waals surface area contributed by atoms with E-state index >= 15 is 0 Å². The fourth-order valence-electron chi connectivity index (χ4n) is 1.92. The molecule has 0 fully saturated rings. The Bertz CT molecular complexity index is 813. The average molecular weight is 339 g/mol. The van der Waals surface area contributed by atoms with Crippen LogP contribution in [-0.4, -0.2) is 14.2 Å². The van der Waals surface area contributed by atoms with E-state index in [4.69, 9.17) is 15.8 Å². The number of carbonyl (C=O) groups is 1. The number of rotatable bonds is 5. The van der Waals surface area contributed by atoms with E-state index in [0.717, 1.165) is 5.56 Å². The summed E-state index contributed by atoms with van der Waals surface area (Å²) in [6, 6.07) is 10.4. The van der Waals surface area contributed by atoms with Crippen molar-refractivity contribution in [3.8, 4) is 5.75 Å². The molecule has 0 aliphatic carbocycles. The molecule has 0 saturated carbocycles. The highest BCUT2D eigenvalue weighted by Crippen LogP contribution is 2.25. The maximum Gasteiger partial charge on any atom is 0.339 e. The Hall–Kier alpha value is -1.85. The predicted octanol–water partition coefficient (Wildman–Crippen LogP) is 3.87. The van der Waals surface area contributed by atoms with Crippen molar-refractivity contribution in [1.29, 1.82) is 0 Å². The van der Waals surface area contributed by atoms with Gasteiger partial charge in [0.15, 0.2) is 5.78 Å². The molecule has 0 bridgehead atoms. The highest BCUT2D eigenvalue weighted by Gasteiger charge is 2.18. The van der Waals surface area contributed by atoms with E-state index in [0.29, 0.717) is 17.0 Å². The van der Waals surface area contributed by atoms with Crippen LogP contribution in [0.2, 0.25) is 5.02 Å². The van der Waals surface area contributed by atoms with Gasteiger partial charge in [0.05, 0.1) is 0 Å². The van der Waals surface area contributed by atoms with Crippen molar-refractivity contribution in [1.82, 2.24) is 0 Å². The fourth-order valence-corrected chi connectivity index (χ4v) is 3.14. The van der Waals surface area contributed by atoms with Gasteiger partial charge in [0, 0.05) is 10.6 Å². The van der Waals surface area contributed by atoms with E-state index in [1.165, 1.54) is 31.2 Å². The lowest BCUT2D eigenvalue weighted by molar-refractivity contribution is 0.101. The minimum Gasteiger partial charge on any atom is -0.379 e. The molecular weight excluding hydrogens is 324 g/mol. The summed E-state index contributed by atoms with van der Waals surface area (Å²) in [5.74, 6) is -0.0220. The Balaban J connectivity index is 2.35. The smallest absolute Gasteiger partial charge is 0.339 e. The summed E-state index contributed by atoms with van der Waals surface area (Å²) in [6.45, 7) is 3.29. The predicted molar refractivity (Wildman–Crippen MR) is 85.1 cm³/mol. The van der Waals surface area contributed by atoms with Gasteiger partial charge in [0.2, 0.25) is 0 Å². The quantitative estimate of drug-likeness (QED) is 0.613. The van der Waals surface area contributed by atoms with Crippen molar-refractivity contribution in [2.24, 2.45) is 0 Å². The summed E-state index contributed by atoms with van der Waals surface area (Å²) in [5.41, 5.74) is 1.11. The molecule has 6 heteroatoms. The zero-order chi connectivity index (χ0) is 16.3. The molecule has 2 aromatic carbocycles. The minimum absolute atomic E-state index is 0.0619. The van der Waals surface area contributed by atoms with Crippen LogP contribution in [0.5, 0.6) is 5.75 Å². The lowest BCUT2D eigenvalue weighted by Crippen LogP contribution is -2.10. The highest BCUT2D eigenvalue weighted by molar-refractivity contribution is 7.87. The van der Waals surface area contributed by atoms with Crippen LogP contribution in [-0.2, 0) is 16.5 Å². The van der Waals surface area contributed by atoms with E-state index in [-0.39, 0.29) is 16.4 Å². The molecule has 22 heavy (non-hydrogen) atoms. The second-order valence-corrected chi connectivity index (χ2v) is 6.68. The zero-order valence-corrected chi connectivity index (χ0v) is 13.7. The highest BCUT2D eigenvalue weighted by atomic mass is 35.5. The molecule has 0 aliphatic heterocycles. The van der Waals surface area contributed by atoms with Crippen LogP contribution in [0.1, 0.15) is 29.8 Å². The number of hydrogen-bond acceptors (Lipinski definition) is 4. The van der Waals surface area contributed by atoms with Gasteiger partial charge in [-0.25, -0.2) is 0 Å². The minimum atomic E-state index is -4.00. The van der Waals surface area contributed by atoms with Crippen LogP contribution in [0.4, 0.5) is 0 Å². The zero-order valence-electron chi connectivity index (χ0n) is 12.2. The summed E-state index contributed by atoms with van der Waals surface area (Å²) >= 11 is 6.00. The SMILES string of the molecule is CCc1cc(OS(=O)(=O)c2cccc(C(C)=O)c2)ccc1Cl. The largest absolute Gasteiger partial charge is 0.379 e. The molecule has 116 valence electrons. The molecular formula is C16H15ClO4S. The second-order valence-electron chi connectivity index (χ2n) is 4.73. The first-order valence-corrected chi connectivity index (χ1v) is 8.46. The van der Waals surface area contributed by atoms with Crippen molar-refractivity contribution < 1.29 is 17.4 Å². The second kappa shape index (κ2) is 6.50. The van der Waals surface area contributed by atoms with Crippen LogP contribution >= 0.6 is 11.6 Å². The van der Waals surface area contributed by atoms with Gasteiger partial charge >= 0.3 is 10.1 Å². The molecule has 0 spiro atoms. The first-order chi connectivity index (χ1) is 10.3. The summed E-state index contributed by atoms with van der Waals surface area (Å²) in [7, 11) is -4.00. The van der Waals surface area contributed by atoms with Crippen molar-refractivity contribution in [3.05, 3.63) is 58.6 Å². The standard InChI is InChI=1S/C16H15ClO4S/c1-3-12-9-14(7-8-16(12)17)21-22(19,20)15-6-4-5-13(10-15)11(2)18/h4-10H,3H2,1-2H3. The van der Waals surface area contributed by atoms with Gasteiger partial charge in [-0.2, -0.15) is 8.42 Å². The molecule has 0 unspecified atom stereocenters. The van der Waals surface area contributed by atoms with Gasteiger partial charge in [-0.1, -0.05) is 30.7 Å². The van der Waals surface area contributed by atoms with Crippen LogP contribution in [0.15, 0.2) is 47.4 Å². The normalized spacial score (nSPS) is 11.2. The van der Waals surface area contributed by atoms with Gasteiger partial charge in [0.25, 0.3) is 0 Å². The van der Waals surface area contributed by atoms with Gasteiger partial charge in [-0.3, -0.25) is 4.79 Å². The molecule has 2 aromatic rings. The third-order valence-electron chi connectivity index (χ3n) is 3.13. The Kier molecular flexibility index (Phi) is 4.88. The molecule has 0 radical (unpaired) electrons. The number of aryl methyl sites for hydroxylation is 1. The lowest BCUT2D eigenvalue weighted by Gasteiger charge is -2.09. The maximum atomic E-state index is 12.3. The van der Waals surface area contributed by atoms with Crippen molar-refractivity contribution in [3.63, 3.8) is 0 Å². The average Bonchev–Trinajstić information content (AvgIpc) is 2.49. The summed E-state index contributed by atoms with van der Waals surface area (Å²) in [5, 5.41) is 0.561. The maximum absolute atomic E-state index is 12.3. The Labute approximate surface area is 134 Å². The summed E-state index contributed by atoms with van der Waals surface area (Å²) < 4.78 is 29.7. The van der Waals surface area contributed by atoms with E-state index < -0.39 is 10.1 Å². The molecule has 0 amide bonds.